The Kier molecular flexibility index (Phi) is 5.57. The van der Waals surface area contributed by atoms with E-state index in [1.807, 2.05) is 25.3 Å². The van der Waals surface area contributed by atoms with Gasteiger partial charge in [-0.2, -0.15) is 0 Å². The molecule has 0 saturated heterocycles. The molecule has 0 radical (unpaired) electrons. The molecule has 82 valence electrons. The molecule has 1 aromatic rings. The zero-order valence-electron chi connectivity index (χ0n) is 9.71. The van der Waals surface area contributed by atoms with Crippen LogP contribution in [-0.2, 0) is 12.8 Å². The second kappa shape index (κ2) is 6.14. The number of hydrogen-bond donors (Lipinski definition) is 1. The van der Waals surface area contributed by atoms with Gasteiger partial charge in [-0.05, 0) is 43.4 Å². The Balaban J connectivity index is 0.00000196. The second-order valence-corrected chi connectivity index (χ2v) is 3.46. The monoisotopic (exact) mass is 204 g/mol. The van der Waals surface area contributed by atoms with Crippen LogP contribution >= 0.6 is 0 Å². The second-order valence-electron chi connectivity index (χ2n) is 3.46. The van der Waals surface area contributed by atoms with Crippen LogP contribution in [-0.4, -0.2) is 4.98 Å². The topological polar surface area (TPSA) is 47.9 Å². The maximum atomic E-state index is 4.36. The molecule has 1 rings (SSSR count). The van der Waals surface area contributed by atoms with Crippen LogP contribution in [0.4, 0.5) is 0 Å². The minimum atomic E-state index is 0. The van der Waals surface area contributed by atoms with E-state index in [0.29, 0.717) is 0 Å². The lowest BCUT2D eigenvalue weighted by atomic mass is 9.98. The van der Waals surface area contributed by atoms with E-state index in [0.717, 1.165) is 18.5 Å². The maximum absolute atomic E-state index is 4.36. The van der Waals surface area contributed by atoms with Crippen LogP contribution in [0.15, 0.2) is 31.5 Å². The first-order valence-corrected chi connectivity index (χ1v) is 4.86. The number of allylic oxidation sites excluding steroid dienone is 2. The zero-order valence-corrected chi connectivity index (χ0v) is 9.71. The van der Waals surface area contributed by atoms with E-state index in [2.05, 4.69) is 25.1 Å². The first-order valence-electron chi connectivity index (χ1n) is 4.86. The smallest absolute Gasteiger partial charge is 0.0404 e. The summed E-state index contributed by atoms with van der Waals surface area (Å²) in [6.07, 6.45) is 7.60. The fraction of sp³-hybridized carbons (Fsp3) is 0.308. The molecule has 0 aromatic carbocycles. The highest BCUT2D eigenvalue weighted by Crippen LogP contribution is 2.17. The maximum Gasteiger partial charge on any atom is 0.0404 e. The molecular weight excluding hydrogens is 184 g/mol. The fourth-order valence-corrected chi connectivity index (χ4v) is 1.57. The SMILES string of the molecule is C=CCc1cnc(C)c(C)c1CC=C.N. The Bertz CT molecular complexity index is 354. The van der Waals surface area contributed by atoms with E-state index in [1.165, 1.54) is 16.7 Å². The highest BCUT2D eigenvalue weighted by Gasteiger charge is 2.06. The molecule has 0 spiro atoms. The van der Waals surface area contributed by atoms with Gasteiger partial charge >= 0.3 is 0 Å². The summed E-state index contributed by atoms with van der Waals surface area (Å²) >= 11 is 0. The molecule has 1 aromatic heterocycles. The van der Waals surface area contributed by atoms with Gasteiger partial charge in [0.25, 0.3) is 0 Å². The molecule has 1 heterocycles. The van der Waals surface area contributed by atoms with Crippen molar-refractivity contribution >= 4 is 0 Å². The average molecular weight is 204 g/mol. The molecule has 0 unspecified atom stereocenters. The number of aromatic nitrogens is 1. The van der Waals surface area contributed by atoms with Gasteiger partial charge in [-0.1, -0.05) is 12.2 Å². The zero-order chi connectivity index (χ0) is 10.6. The van der Waals surface area contributed by atoms with Gasteiger partial charge in [0.2, 0.25) is 0 Å². The van der Waals surface area contributed by atoms with Crippen LogP contribution in [0.3, 0.4) is 0 Å². The third-order valence-corrected chi connectivity index (χ3v) is 2.51. The largest absolute Gasteiger partial charge is 0.344 e. The van der Waals surface area contributed by atoms with Gasteiger partial charge in [-0.3, -0.25) is 4.98 Å². The molecule has 0 aliphatic heterocycles. The first kappa shape index (κ1) is 13.6. The number of hydrogen-bond acceptors (Lipinski definition) is 2. The molecule has 3 N–H and O–H groups in total. The van der Waals surface area contributed by atoms with E-state index in [1.54, 1.807) is 0 Å². The van der Waals surface area contributed by atoms with Crippen LogP contribution in [0.5, 0.6) is 0 Å². The van der Waals surface area contributed by atoms with Gasteiger partial charge in [0.05, 0.1) is 0 Å². The van der Waals surface area contributed by atoms with E-state index >= 15 is 0 Å². The third kappa shape index (κ3) is 3.03. The Morgan fingerprint density at radius 2 is 1.80 bits per heavy atom. The van der Waals surface area contributed by atoms with Crippen LogP contribution < -0.4 is 6.15 Å². The summed E-state index contributed by atoms with van der Waals surface area (Å²) in [7, 11) is 0. The van der Waals surface area contributed by atoms with Crippen molar-refractivity contribution in [3.8, 4) is 0 Å². The van der Waals surface area contributed by atoms with E-state index in [-0.39, 0.29) is 6.15 Å². The molecule has 0 amide bonds. The standard InChI is InChI=1S/C13H17N.H3N/c1-5-7-12-9-14-11(4)10(3)13(12)8-6-2;/h5-6,9H,1-2,7-8H2,3-4H3;1H3. The summed E-state index contributed by atoms with van der Waals surface area (Å²) < 4.78 is 0. The highest BCUT2D eigenvalue weighted by molar-refractivity contribution is 5.37. The van der Waals surface area contributed by atoms with Gasteiger partial charge < -0.3 is 6.15 Å². The molecule has 0 fully saturated rings. The molecule has 2 nitrogen and oxygen atoms in total. The van der Waals surface area contributed by atoms with E-state index in [4.69, 9.17) is 0 Å². The lowest BCUT2D eigenvalue weighted by molar-refractivity contribution is 1.03. The van der Waals surface area contributed by atoms with E-state index in [9.17, 15) is 0 Å². The first-order chi connectivity index (χ1) is 6.70. The number of nitrogens with zero attached hydrogens (tertiary/aromatic N) is 1. The highest BCUT2D eigenvalue weighted by atomic mass is 14.7. The minimum absolute atomic E-state index is 0. The molecule has 0 bridgehead atoms. The minimum Gasteiger partial charge on any atom is -0.344 e. The summed E-state index contributed by atoms with van der Waals surface area (Å²) in [6, 6.07) is 0. The Morgan fingerprint density at radius 3 is 2.33 bits per heavy atom. The Hall–Kier alpha value is -1.41. The van der Waals surface area contributed by atoms with Crippen molar-refractivity contribution in [1.82, 2.24) is 11.1 Å². The van der Waals surface area contributed by atoms with Crippen LogP contribution in [0.25, 0.3) is 0 Å². The lowest BCUT2D eigenvalue weighted by Crippen LogP contribution is -2.00. The number of aryl methyl sites for hydroxylation is 1. The van der Waals surface area contributed by atoms with Gasteiger partial charge in [-0.25, -0.2) is 0 Å². The predicted molar refractivity (Wildman–Crippen MR) is 66.5 cm³/mol. The third-order valence-electron chi connectivity index (χ3n) is 2.51. The fourth-order valence-electron chi connectivity index (χ4n) is 1.57. The van der Waals surface area contributed by atoms with Crippen molar-refractivity contribution in [2.45, 2.75) is 26.7 Å². The van der Waals surface area contributed by atoms with Crippen LogP contribution in [0.1, 0.15) is 22.4 Å². The van der Waals surface area contributed by atoms with Gasteiger partial charge in [-0.15, -0.1) is 13.2 Å². The molecule has 0 saturated carbocycles. The van der Waals surface area contributed by atoms with Crippen LogP contribution in [0, 0.1) is 13.8 Å². The van der Waals surface area contributed by atoms with Gasteiger partial charge in [0.1, 0.15) is 0 Å². The number of pyridine rings is 1. The molecule has 2 heteroatoms. The molecular formula is C13H20N2. The van der Waals surface area contributed by atoms with E-state index < -0.39 is 0 Å². The van der Waals surface area contributed by atoms with Crippen molar-refractivity contribution in [2.75, 3.05) is 0 Å². The van der Waals surface area contributed by atoms with Crippen molar-refractivity contribution < 1.29 is 0 Å². The van der Waals surface area contributed by atoms with Crippen molar-refractivity contribution in [3.63, 3.8) is 0 Å². The van der Waals surface area contributed by atoms with Crippen molar-refractivity contribution in [3.05, 3.63) is 53.9 Å². The van der Waals surface area contributed by atoms with Crippen LogP contribution in [0.2, 0.25) is 0 Å². The molecule has 15 heavy (non-hydrogen) atoms. The molecule has 0 aliphatic carbocycles. The normalized spacial score (nSPS) is 9.20. The Morgan fingerprint density at radius 1 is 1.20 bits per heavy atom. The summed E-state index contributed by atoms with van der Waals surface area (Å²) in [5.41, 5.74) is 5.01. The van der Waals surface area contributed by atoms with Crippen molar-refractivity contribution in [2.24, 2.45) is 0 Å². The average Bonchev–Trinajstić information content (AvgIpc) is 2.18. The van der Waals surface area contributed by atoms with Gasteiger partial charge in [0.15, 0.2) is 0 Å². The summed E-state index contributed by atoms with van der Waals surface area (Å²) in [5, 5.41) is 0. The lowest BCUT2D eigenvalue weighted by Gasteiger charge is -2.11. The summed E-state index contributed by atoms with van der Waals surface area (Å²) in [4.78, 5) is 4.36. The number of rotatable bonds is 4. The summed E-state index contributed by atoms with van der Waals surface area (Å²) in [6.45, 7) is 11.7. The Labute approximate surface area is 92.3 Å². The quantitative estimate of drug-likeness (QED) is 0.765. The van der Waals surface area contributed by atoms with Crippen molar-refractivity contribution in [1.29, 1.82) is 0 Å². The molecule has 0 aliphatic rings. The molecule has 0 atom stereocenters. The predicted octanol–water partition coefficient (Wildman–Crippen LogP) is 3.32. The summed E-state index contributed by atoms with van der Waals surface area (Å²) in [5.74, 6) is 0. The van der Waals surface area contributed by atoms with Gasteiger partial charge in [0, 0.05) is 11.9 Å².